The summed E-state index contributed by atoms with van der Waals surface area (Å²) < 4.78 is 6.15. The van der Waals surface area contributed by atoms with Gasteiger partial charge in [0.2, 0.25) is 0 Å². The summed E-state index contributed by atoms with van der Waals surface area (Å²) in [5.41, 5.74) is 2.52. The molecule has 1 aliphatic carbocycles. The van der Waals surface area contributed by atoms with E-state index >= 15 is 0 Å². The van der Waals surface area contributed by atoms with Crippen LogP contribution in [0.4, 0.5) is 0 Å². The van der Waals surface area contributed by atoms with Gasteiger partial charge in [-0.25, -0.2) is 0 Å². The van der Waals surface area contributed by atoms with Crippen LogP contribution in [0, 0.1) is 0 Å². The van der Waals surface area contributed by atoms with E-state index in [1.807, 2.05) is 19.1 Å². The largest absolute Gasteiger partial charge is 0.483 e. The zero-order chi connectivity index (χ0) is 16.6. The first kappa shape index (κ1) is 15.5. The van der Waals surface area contributed by atoms with Crippen LogP contribution in [0.3, 0.4) is 0 Å². The van der Waals surface area contributed by atoms with Crippen LogP contribution in [0.1, 0.15) is 59.9 Å². The number of allylic oxidation sites excluding steroid dienone is 4. The van der Waals surface area contributed by atoms with E-state index in [1.54, 1.807) is 12.1 Å². The molecule has 0 saturated carbocycles. The van der Waals surface area contributed by atoms with E-state index < -0.39 is 5.60 Å². The standard InChI is InChI=1S/C20H20O3/c1-13(2)5-4-11-20(3)12-10-15-18(23-20)9-6-14-16(21)7-8-17(22)19(14)15/h5-10,12H,4,11H2,1-3H3/t20-/m0/s1. The second-order valence-corrected chi connectivity index (χ2v) is 6.53. The highest BCUT2D eigenvalue weighted by Crippen LogP contribution is 2.38. The predicted octanol–water partition coefficient (Wildman–Crippen LogP) is 4.53. The van der Waals surface area contributed by atoms with E-state index in [-0.39, 0.29) is 11.6 Å². The molecule has 1 aliphatic heterocycles. The number of carbonyl (C=O) groups is 2. The Bertz CT molecular complexity index is 776. The molecule has 1 atom stereocenters. The topological polar surface area (TPSA) is 43.4 Å². The molecule has 0 unspecified atom stereocenters. The minimum Gasteiger partial charge on any atom is -0.483 e. The Morgan fingerprint density at radius 3 is 2.61 bits per heavy atom. The SMILES string of the molecule is CC(C)=CCC[C@@]1(C)C=Cc2c(ccc3c2C(=O)C=CC3=O)O1. The lowest BCUT2D eigenvalue weighted by Crippen LogP contribution is -2.32. The molecule has 1 aromatic carbocycles. The maximum absolute atomic E-state index is 12.2. The molecule has 3 nitrogen and oxygen atoms in total. The fraction of sp³-hybridized carbons (Fsp3) is 0.300. The predicted molar refractivity (Wildman–Crippen MR) is 91.0 cm³/mol. The highest BCUT2D eigenvalue weighted by Gasteiger charge is 2.31. The Morgan fingerprint density at radius 1 is 1.13 bits per heavy atom. The van der Waals surface area contributed by atoms with E-state index in [9.17, 15) is 9.59 Å². The van der Waals surface area contributed by atoms with Crippen molar-refractivity contribution in [2.45, 2.75) is 39.2 Å². The molecule has 0 bridgehead atoms. The summed E-state index contributed by atoms with van der Waals surface area (Å²) in [6, 6.07) is 3.48. The number of hydrogen-bond acceptors (Lipinski definition) is 3. The Labute approximate surface area is 136 Å². The fourth-order valence-electron chi connectivity index (χ4n) is 2.98. The third-order valence-electron chi connectivity index (χ3n) is 4.24. The molecular formula is C20H20O3. The van der Waals surface area contributed by atoms with Gasteiger partial charge >= 0.3 is 0 Å². The van der Waals surface area contributed by atoms with Crippen LogP contribution in [0.15, 0.2) is 42.0 Å². The molecule has 0 spiro atoms. The summed E-state index contributed by atoms with van der Waals surface area (Å²) in [7, 11) is 0. The van der Waals surface area contributed by atoms with Crippen molar-refractivity contribution in [3.8, 4) is 5.75 Å². The van der Waals surface area contributed by atoms with Crippen molar-refractivity contribution >= 4 is 17.6 Å². The van der Waals surface area contributed by atoms with Gasteiger partial charge in [0.05, 0.1) is 0 Å². The van der Waals surface area contributed by atoms with Crippen molar-refractivity contribution in [3.63, 3.8) is 0 Å². The Kier molecular flexibility index (Phi) is 3.80. The van der Waals surface area contributed by atoms with Crippen LogP contribution in [0.5, 0.6) is 5.75 Å². The van der Waals surface area contributed by atoms with E-state index in [2.05, 4.69) is 19.9 Å². The number of hydrogen-bond donors (Lipinski definition) is 0. The third-order valence-corrected chi connectivity index (χ3v) is 4.24. The molecule has 1 heterocycles. The van der Waals surface area contributed by atoms with Gasteiger partial charge in [0.25, 0.3) is 0 Å². The molecule has 0 radical (unpaired) electrons. The normalized spacial score (nSPS) is 21.5. The Balaban J connectivity index is 1.94. The van der Waals surface area contributed by atoms with Crippen molar-refractivity contribution < 1.29 is 14.3 Å². The monoisotopic (exact) mass is 308 g/mol. The number of ketones is 2. The van der Waals surface area contributed by atoms with Crippen LogP contribution >= 0.6 is 0 Å². The molecule has 0 N–H and O–H groups in total. The molecule has 3 rings (SSSR count). The summed E-state index contributed by atoms with van der Waals surface area (Å²) in [5.74, 6) is 0.396. The van der Waals surface area contributed by atoms with Crippen LogP contribution < -0.4 is 4.74 Å². The first-order valence-electron chi connectivity index (χ1n) is 7.85. The molecule has 0 amide bonds. The number of carbonyl (C=O) groups excluding carboxylic acids is 2. The zero-order valence-corrected chi connectivity index (χ0v) is 13.7. The Morgan fingerprint density at radius 2 is 1.87 bits per heavy atom. The smallest absolute Gasteiger partial charge is 0.187 e. The van der Waals surface area contributed by atoms with Crippen molar-refractivity contribution in [1.29, 1.82) is 0 Å². The van der Waals surface area contributed by atoms with Gasteiger partial charge in [-0.05, 0) is 64.0 Å². The van der Waals surface area contributed by atoms with Crippen LogP contribution in [-0.4, -0.2) is 17.2 Å². The van der Waals surface area contributed by atoms with E-state index in [0.717, 1.165) is 12.8 Å². The minimum absolute atomic E-state index is 0.132. The van der Waals surface area contributed by atoms with E-state index in [0.29, 0.717) is 22.4 Å². The number of benzene rings is 1. The number of rotatable bonds is 3. The zero-order valence-electron chi connectivity index (χ0n) is 13.7. The lowest BCUT2D eigenvalue weighted by atomic mass is 9.87. The van der Waals surface area contributed by atoms with Crippen LogP contribution in [0.25, 0.3) is 6.08 Å². The summed E-state index contributed by atoms with van der Waals surface area (Å²) in [6.07, 6.45) is 10.6. The first-order valence-corrected chi connectivity index (χ1v) is 7.85. The molecule has 2 aliphatic rings. The molecule has 0 aromatic heterocycles. The summed E-state index contributed by atoms with van der Waals surface area (Å²) in [5, 5.41) is 0. The average Bonchev–Trinajstić information content (AvgIpc) is 2.49. The van der Waals surface area contributed by atoms with Gasteiger partial charge in [-0.15, -0.1) is 0 Å². The maximum Gasteiger partial charge on any atom is 0.187 e. The third kappa shape index (κ3) is 2.91. The second kappa shape index (κ2) is 5.65. The second-order valence-electron chi connectivity index (χ2n) is 6.53. The number of ether oxygens (including phenoxy) is 1. The highest BCUT2D eigenvalue weighted by atomic mass is 16.5. The quantitative estimate of drug-likeness (QED) is 0.770. The summed E-state index contributed by atoms with van der Waals surface area (Å²) in [6.45, 7) is 6.20. The molecule has 0 fully saturated rings. The lowest BCUT2D eigenvalue weighted by molar-refractivity contribution is 0.0990. The fourth-order valence-corrected chi connectivity index (χ4v) is 2.98. The molecule has 0 saturated heterocycles. The van der Waals surface area contributed by atoms with Gasteiger partial charge in [0, 0.05) is 16.7 Å². The Hall–Kier alpha value is -2.42. The van der Waals surface area contributed by atoms with Gasteiger partial charge in [-0.3, -0.25) is 9.59 Å². The summed E-state index contributed by atoms with van der Waals surface area (Å²) >= 11 is 0. The van der Waals surface area contributed by atoms with Gasteiger partial charge in [-0.2, -0.15) is 0 Å². The molecule has 3 heteroatoms. The molecule has 1 aromatic rings. The van der Waals surface area contributed by atoms with Crippen molar-refractivity contribution in [2.75, 3.05) is 0 Å². The number of fused-ring (bicyclic) bond motifs is 3. The molecule has 118 valence electrons. The average molecular weight is 308 g/mol. The summed E-state index contributed by atoms with van der Waals surface area (Å²) in [4.78, 5) is 24.1. The highest BCUT2D eigenvalue weighted by molar-refractivity contribution is 6.23. The van der Waals surface area contributed by atoms with Crippen LogP contribution in [-0.2, 0) is 0 Å². The van der Waals surface area contributed by atoms with Gasteiger partial charge < -0.3 is 4.74 Å². The minimum atomic E-state index is -0.398. The van der Waals surface area contributed by atoms with E-state index in [4.69, 9.17) is 4.74 Å². The lowest BCUT2D eigenvalue weighted by Gasteiger charge is -2.32. The first-order chi connectivity index (χ1) is 10.9. The van der Waals surface area contributed by atoms with Crippen LogP contribution in [0.2, 0.25) is 0 Å². The van der Waals surface area contributed by atoms with Crippen molar-refractivity contribution in [1.82, 2.24) is 0 Å². The maximum atomic E-state index is 12.2. The molecular weight excluding hydrogens is 288 g/mol. The van der Waals surface area contributed by atoms with Crippen molar-refractivity contribution in [3.05, 3.63) is 58.7 Å². The van der Waals surface area contributed by atoms with Crippen molar-refractivity contribution in [2.24, 2.45) is 0 Å². The van der Waals surface area contributed by atoms with E-state index in [1.165, 1.54) is 17.7 Å². The van der Waals surface area contributed by atoms with Gasteiger partial charge in [-0.1, -0.05) is 17.7 Å². The van der Waals surface area contributed by atoms with Gasteiger partial charge in [0.1, 0.15) is 11.4 Å². The molecule has 23 heavy (non-hydrogen) atoms. The van der Waals surface area contributed by atoms with Gasteiger partial charge in [0.15, 0.2) is 11.6 Å².